The maximum atomic E-state index is 5.96. The second kappa shape index (κ2) is 6.02. The monoisotopic (exact) mass is 283 g/mol. The molecule has 1 aromatic carbocycles. The molecule has 0 aliphatic rings. The lowest BCUT2D eigenvalue weighted by Crippen LogP contribution is -2.02. The van der Waals surface area contributed by atoms with Gasteiger partial charge >= 0.3 is 0 Å². The fraction of sp³-hybridized carbons (Fsp3) is 0.333. The van der Waals surface area contributed by atoms with Crippen molar-refractivity contribution in [1.29, 1.82) is 0 Å². The Morgan fingerprint density at radius 2 is 2.28 bits per heavy atom. The van der Waals surface area contributed by atoms with E-state index in [9.17, 15) is 0 Å². The molecule has 0 unspecified atom stereocenters. The molecule has 6 heteroatoms. The average Bonchev–Trinajstić information content (AvgIpc) is 2.79. The molecule has 0 saturated heterocycles. The highest BCUT2D eigenvalue weighted by Crippen LogP contribution is 2.23. The van der Waals surface area contributed by atoms with Gasteiger partial charge in [-0.05, 0) is 37.6 Å². The fourth-order valence-corrected chi connectivity index (χ4v) is 2.21. The minimum atomic E-state index is 0.403. The Kier molecular flexibility index (Phi) is 4.38. The number of hydrogen-bond acceptors (Lipinski definition) is 5. The molecule has 1 N–H and O–H groups in total. The smallest absolute Gasteiger partial charge is 0.136 e. The fourth-order valence-electron chi connectivity index (χ4n) is 1.46. The first-order valence-corrected chi connectivity index (χ1v) is 6.80. The van der Waals surface area contributed by atoms with Gasteiger partial charge in [0.15, 0.2) is 0 Å². The van der Waals surface area contributed by atoms with Gasteiger partial charge in [-0.3, -0.25) is 0 Å². The summed E-state index contributed by atoms with van der Waals surface area (Å²) in [5.41, 5.74) is 1.83. The van der Waals surface area contributed by atoms with Gasteiger partial charge in [-0.15, -0.1) is 5.10 Å². The molecule has 0 saturated carbocycles. The van der Waals surface area contributed by atoms with Crippen LogP contribution < -0.4 is 10.1 Å². The van der Waals surface area contributed by atoms with Crippen LogP contribution in [0, 0.1) is 6.92 Å². The molecule has 2 rings (SSSR count). The molecule has 2 aromatic rings. The third kappa shape index (κ3) is 3.11. The van der Waals surface area contributed by atoms with E-state index in [0.29, 0.717) is 6.61 Å². The molecule has 4 nitrogen and oxygen atoms in total. The Labute approximate surface area is 115 Å². The van der Waals surface area contributed by atoms with Crippen LogP contribution in [0.2, 0.25) is 5.02 Å². The Morgan fingerprint density at radius 3 is 3.00 bits per heavy atom. The number of halogens is 1. The van der Waals surface area contributed by atoms with Crippen molar-refractivity contribution in [2.24, 2.45) is 0 Å². The number of nitrogens with zero attached hydrogens (tertiary/aromatic N) is 2. The molecule has 18 heavy (non-hydrogen) atoms. The third-order valence-corrected chi connectivity index (χ3v) is 3.55. The van der Waals surface area contributed by atoms with E-state index in [2.05, 4.69) is 14.9 Å². The molecule has 0 aliphatic carbocycles. The minimum absolute atomic E-state index is 0.403. The van der Waals surface area contributed by atoms with Crippen LogP contribution in [0.5, 0.6) is 5.75 Å². The largest absolute Gasteiger partial charge is 0.487 e. The average molecular weight is 284 g/mol. The zero-order valence-electron chi connectivity index (χ0n) is 10.2. The summed E-state index contributed by atoms with van der Waals surface area (Å²) in [6, 6.07) is 5.59. The molecule has 0 radical (unpaired) electrons. The normalized spacial score (nSPS) is 10.4. The molecular weight excluding hydrogens is 270 g/mol. The highest BCUT2D eigenvalue weighted by atomic mass is 35.5. The Bertz CT molecular complexity index is 530. The highest BCUT2D eigenvalue weighted by Gasteiger charge is 2.08. The first-order chi connectivity index (χ1) is 8.70. The number of aryl methyl sites for hydroxylation is 1. The second-order valence-electron chi connectivity index (χ2n) is 3.78. The summed E-state index contributed by atoms with van der Waals surface area (Å²) >= 11 is 7.30. The Hall–Kier alpha value is -1.33. The molecule has 0 bridgehead atoms. The van der Waals surface area contributed by atoms with Crippen LogP contribution in [0.15, 0.2) is 18.2 Å². The molecule has 0 aliphatic heterocycles. The van der Waals surface area contributed by atoms with Crippen molar-refractivity contribution < 1.29 is 4.74 Å². The van der Waals surface area contributed by atoms with Gasteiger partial charge in [0.25, 0.3) is 0 Å². The van der Waals surface area contributed by atoms with E-state index < -0.39 is 0 Å². The van der Waals surface area contributed by atoms with Gasteiger partial charge in [0.1, 0.15) is 23.1 Å². The van der Waals surface area contributed by atoms with Crippen LogP contribution in [0.1, 0.15) is 18.2 Å². The molecule has 0 spiro atoms. The summed E-state index contributed by atoms with van der Waals surface area (Å²) in [6.07, 6.45) is 0. The van der Waals surface area contributed by atoms with E-state index in [0.717, 1.165) is 33.6 Å². The van der Waals surface area contributed by atoms with Crippen molar-refractivity contribution in [3.63, 3.8) is 0 Å². The van der Waals surface area contributed by atoms with E-state index >= 15 is 0 Å². The van der Waals surface area contributed by atoms with Crippen molar-refractivity contribution in [3.05, 3.63) is 34.5 Å². The van der Waals surface area contributed by atoms with Crippen molar-refractivity contribution in [2.45, 2.75) is 20.5 Å². The lowest BCUT2D eigenvalue weighted by Gasteiger charge is -2.07. The van der Waals surface area contributed by atoms with Gasteiger partial charge in [0.2, 0.25) is 0 Å². The number of hydrogen-bond donors (Lipinski definition) is 1. The van der Waals surface area contributed by atoms with E-state index in [1.807, 2.05) is 32.0 Å². The van der Waals surface area contributed by atoms with Crippen molar-refractivity contribution in [1.82, 2.24) is 9.59 Å². The number of anilines is 1. The summed E-state index contributed by atoms with van der Waals surface area (Å²) in [7, 11) is 0. The van der Waals surface area contributed by atoms with Crippen molar-refractivity contribution in [2.75, 3.05) is 11.9 Å². The third-order valence-electron chi connectivity index (χ3n) is 2.40. The van der Waals surface area contributed by atoms with Gasteiger partial charge in [-0.1, -0.05) is 16.1 Å². The zero-order chi connectivity index (χ0) is 13.0. The number of nitrogens with one attached hydrogen (secondary N) is 1. The van der Waals surface area contributed by atoms with E-state index in [-0.39, 0.29) is 0 Å². The minimum Gasteiger partial charge on any atom is -0.487 e. The summed E-state index contributed by atoms with van der Waals surface area (Å²) in [4.78, 5) is 0. The maximum absolute atomic E-state index is 5.96. The van der Waals surface area contributed by atoms with Gasteiger partial charge < -0.3 is 10.1 Å². The molecule has 1 heterocycles. The lowest BCUT2D eigenvalue weighted by molar-refractivity contribution is 0.301. The molecule has 0 fully saturated rings. The van der Waals surface area contributed by atoms with E-state index in [1.165, 1.54) is 11.5 Å². The molecule has 96 valence electrons. The maximum Gasteiger partial charge on any atom is 0.136 e. The van der Waals surface area contributed by atoms with Gasteiger partial charge in [-0.2, -0.15) is 0 Å². The Balaban J connectivity index is 2.02. The van der Waals surface area contributed by atoms with Crippen LogP contribution in [-0.2, 0) is 6.61 Å². The predicted octanol–water partition coefficient (Wildman–Crippen LogP) is 3.51. The first-order valence-electron chi connectivity index (χ1n) is 5.64. The standard InChI is InChI=1S/C12H14ClN3OS/c1-3-14-12-11(15-16-18-12)7-17-9-4-5-10(13)8(2)6-9/h4-6,14H,3,7H2,1-2H3. The van der Waals surface area contributed by atoms with Crippen LogP contribution in [0.3, 0.4) is 0 Å². The zero-order valence-corrected chi connectivity index (χ0v) is 11.8. The van der Waals surface area contributed by atoms with Crippen LogP contribution in [0.4, 0.5) is 5.00 Å². The van der Waals surface area contributed by atoms with E-state index in [1.54, 1.807) is 0 Å². The van der Waals surface area contributed by atoms with Crippen LogP contribution >= 0.6 is 23.1 Å². The SMILES string of the molecule is CCNc1snnc1COc1ccc(Cl)c(C)c1. The molecule has 1 aromatic heterocycles. The van der Waals surface area contributed by atoms with Crippen LogP contribution in [0.25, 0.3) is 0 Å². The summed E-state index contributed by atoms with van der Waals surface area (Å²) < 4.78 is 9.59. The number of ether oxygens (including phenoxy) is 1. The number of rotatable bonds is 5. The molecule has 0 atom stereocenters. The number of aromatic nitrogens is 2. The summed E-state index contributed by atoms with van der Waals surface area (Å²) in [5.74, 6) is 0.785. The second-order valence-corrected chi connectivity index (χ2v) is 4.94. The summed E-state index contributed by atoms with van der Waals surface area (Å²) in [5, 5.41) is 8.95. The predicted molar refractivity (Wildman–Crippen MR) is 74.6 cm³/mol. The van der Waals surface area contributed by atoms with Gasteiger partial charge in [0, 0.05) is 23.1 Å². The quantitative estimate of drug-likeness (QED) is 0.912. The van der Waals surface area contributed by atoms with E-state index in [4.69, 9.17) is 16.3 Å². The lowest BCUT2D eigenvalue weighted by atomic mass is 10.2. The topological polar surface area (TPSA) is 47.0 Å². The number of benzene rings is 1. The van der Waals surface area contributed by atoms with Gasteiger partial charge in [-0.25, -0.2) is 0 Å². The Morgan fingerprint density at radius 1 is 1.44 bits per heavy atom. The molecular formula is C12H14ClN3OS. The highest BCUT2D eigenvalue weighted by molar-refractivity contribution is 7.10. The van der Waals surface area contributed by atoms with Crippen molar-refractivity contribution >= 4 is 28.1 Å². The van der Waals surface area contributed by atoms with Crippen molar-refractivity contribution in [3.8, 4) is 5.75 Å². The summed E-state index contributed by atoms with van der Waals surface area (Å²) in [6.45, 7) is 5.23. The van der Waals surface area contributed by atoms with Gasteiger partial charge in [0.05, 0.1) is 0 Å². The first kappa shape index (κ1) is 13.1. The molecule has 0 amide bonds. The van der Waals surface area contributed by atoms with Crippen LogP contribution in [-0.4, -0.2) is 16.1 Å².